The Labute approximate surface area is 146 Å². The summed E-state index contributed by atoms with van der Waals surface area (Å²) in [5, 5.41) is 6.40. The number of aryl methyl sites for hydroxylation is 2. The minimum atomic E-state index is -0.0832. The van der Waals surface area contributed by atoms with Gasteiger partial charge in [0.1, 0.15) is 5.82 Å². The summed E-state index contributed by atoms with van der Waals surface area (Å²) >= 11 is 0. The lowest BCUT2D eigenvalue weighted by Crippen LogP contribution is -2.28. The van der Waals surface area contributed by atoms with Crippen molar-refractivity contribution >= 4 is 16.9 Å². The number of nitrogens with zero attached hydrogens (tertiary/aromatic N) is 2. The molecule has 0 spiro atoms. The second-order valence-electron chi connectivity index (χ2n) is 6.49. The van der Waals surface area contributed by atoms with Crippen LogP contribution in [0.2, 0.25) is 0 Å². The SMILES string of the molecule is Cc1nc2ccc(C(=O)NCc3c(C)ncc4c3CCNC4)cc2[nH]1. The number of nitrogens with one attached hydrogen (secondary N) is 3. The minimum Gasteiger partial charge on any atom is -0.348 e. The molecule has 25 heavy (non-hydrogen) atoms. The Morgan fingerprint density at radius 1 is 1.32 bits per heavy atom. The molecule has 3 N–H and O–H groups in total. The Kier molecular flexibility index (Phi) is 3.97. The van der Waals surface area contributed by atoms with Crippen LogP contribution in [0.5, 0.6) is 0 Å². The maximum absolute atomic E-state index is 12.6. The second kappa shape index (κ2) is 6.29. The summed E-state index contributed by atoms with van der Waals surface area (Å²) in [5.74, 6) is 0.763. The van der Waals surface area contributed by atoms with E-state index in [2.05, 4.69) is 25.6 Å². The molecule has 6 heteroatoms. The van der Waals surface area contributed by atoms with Gasteiger partial charge in [-0.15, -0.1) is 0 Å². The van der Waals surface area contributed by atoms with Crippen molar-refractivity contribution in [3.8, 4) is 0 Å². The number of fused-ring (bicyclic) bond motifs is 2. The fourth-order valence-corrected chi connectivity index (χ4v) is 3.43. The van der Waals surface area contributed by atoms with E-state index >= 15 is 0 Å². The van der Waals surface area contributed by atoms with Gasteiger partial charge in [-0.2, -0.15) is 0 Å². The molecule has 6 nitrogen and oxygen atoms in total. The first kappa shape index (κ1) is 15.8. The van der Waals surface area contributed by atoms with Crippen LogP contribution in [-0.2, 0) is 19.5 Å². The Bertz CT molecular complexity index is 960. The fourth-order valence-electron chi connectivity index (χ4n) is 3.43. The molecule has 1 aromatic carbocycles. The zero-order valence-corrected chi connectivity index (χ0v) is 14.4. The summed E-state index contributed by atoms with van der Waals surface area (Å²) < 4.78 is 0. The molecule has 3 heterocycles. The number of H-pyrrole nitrogens is 1. The van der Waals surface area contributed by atoms with Gasteiger partial charge < -0.3 is 15.6 Å². The van der Waals surface area contributed by atoms with Crippen molar-refractivity contribution in [2.24, 2.45) is 0 Å². The molecule has 2 aromatic heterocycles. The molecule has 0 bridgehead atoms. The molecular formula is C19H21N5O. The first-order chi connectivity index (χ1) is 12.1. The van der Waals surface area contributed by atoms with Gasteiger partial charge in [-0.25, -0.2) is 4.98 Å². The average molecular weight is 335 g/mol. The van der Waals surface area contributed by atoms with Gasteiger partial charge in [-0.05, 0) is 61.7 Å². The van der Waals surface area contributed by atoms with E-state index in [0.29, 0.717) is 12.1 Å². The number of imidazole rings is 1. The standard InChI is InChI=1S/C19H21N5O/c1-11-16(15-5-6-20-8-14(15)9-21-11)10-22-19(25)13-3-4-17-18(7-13)24-12(2)23-17/h3-4,7,9,20H,5-6,8,10H2,1-2H3,(H,22,25)(H,23,24). The third-order valence-electron chi connectivity index (χ3n) is 4.76. The molecule has 128 valence electrons. The fraction of sp³-hybridized carbons (Fsp3) is 0.316. The molecule has 0 fully saturated rings. The molecular weight excluding hydrogens is 314 g/mol. The average Bonchev–Trinajstić information content (AvgIpc) is 2.99. The normalized spacial score (nSPS) is 13.7. The number of carbonyl (C=O) groups is 1. The van der Waals surface area contributed by atoms with E-state index in [-0.39, 0.29) is 5.91 Å². The van der Waals surface area contributed by atoms with E-state index in [1.165, 1.54) is 11.1 Å². The molecule has 0 radical (unpaired) electrons. The molecule has 0 saturated carbocycles. The molecule has 1 amide bonds. The highest BCUT2D eigenvalue weighted by Crippen LogP contribution is 2.20. The Morgan fingerprint density at radius 3 is 3.08 bits per heavy atom. The lowest BCUT2D eigenvalue weighted by atomic mass is 9.96. The van der Waals surface area contributed by atoms with Gasteiger partial charge in [0, 0.05) is 30.5 Å². The van der Waals surface area contributed by atoms with E-state index in [1.807, 2.05) is 38.2 Å². The van der Waals surface area contributed by atoms with Crippen LogP contribution in [0.4, 0.5) is 0 Å². The van der Waals surface area contributed by atoms with Gasteiger partial charge in [0.2, 0.25) is 0 Å². The highest BCUT2D eigenvalue weighted by atomic mass is 16.1. The number of aromatic amines is 1. The monoisotopic (exact) mass is 335 g/mol. The summed E-state index contributed by atoms with van der Waals surface area (Å²) in [5.41, 5.74) is 7.08. The molecule has 0 unspecified atom stereocenters. The summed E-state index contributed by atoms with van der Waals surface area (Å²) in [6.45, 7) is 6.22. The molecule has 3 aromatic rings. The van der Waals surface area contributed by atoms with E-state index < -0.39 is 0 Å². The van der Waals surface area contributed by atoms with E-state index in [1.54, 1.807) is 0 Å². The smallest absolute Gasteiger partial charge is 0.251 e. The third-order valence-corrected chi connectivity index (χ3v) is 4.76. The van der Waals surface area contributed by atoms with Crippen LogP contribution in [0.25, 0.3) is 11.0 Å². The van der Waals surface area contributed by atoms with Gasteiger partial charge >= 0.3 is 0 Å². The van der Waals surface area contributed by atoms with E-state index in [0.717, 1.165) is 47.6 Å². The summed E-state index contributed by atoms with van der Waals surface area (Å²) in [6, 6.07) is 5.53. The van der Waals surface area contributed by atoms with Crippen molar-refractivity contribution < 1.29 is 4.79 Å². The number of hydrogen-bond acceptors (Lipinski definition) is 4. The van der Waals surface area contributed by atoms with Gasteiger partial charge in [-0.1, -0.05) is 0 Å². The maximum atomic E-state index is 12.6. The largest absolute Gasteiger partial charge is 0.348 e. The topological polar surface area (TPSA) is 82.7 Å². The van der Waals surface area contributed by atoms with E-state index in [4.69, 9.17) is 0 Å². The van der Waals surface area contributed by atoms with Crippen LogP contribution in [0.15, 0.2) is 24.4 Å². The first-order valence-corrected chi connectivity index (χ1v) is 8.53. The number of benzene rings is 1. The van der Waals surface area contributed by atoms with Crippen molar-refractivity contribution in [1.29, 1.82) is 0 Å². The molecule has 0 saturated heterocycles. The lowest BCUT2D eigenvalue weighted by Gasteiger charge is -2.21. The Morgan fingerprint density at radius 2 is 2.20 bits per heavy atom. The molecule has 0 atom stereocenters. The predicted molar refractivity (Wildman–Crippen MR) is 96.4 cm³/mol. The van der Waals surface area contributed by atoms with Crippen molar-refractivity contribution in [3.63, 3.8) is 0 Å². The minimum absolute atomic E-state index is 0.0832. The summed E-state index contributed by atoms with van der Waals surface area (Å²) in [7, 11) is 0. The molecule has 1 aliphatic heterocycles. The zero-order chi connectivity index (χ0) is 17.4. The first-order valence-electron chi connectivity index (χ1n) is 8.53. The van der Waals surface area contributed by atoms with Gasteiger partial charge in [0.05, 0.1) is 11.0 Å². The highest BCUT2D eigenvalue weighted by Gasteiger charge is 2.16. The van der Waals surface area contributed by atoms with Gasteiger partial charge in [0.25, 0.3) is 5.91 Å². The third kappa shape index (κ3) is 3.00. The second-order valence-corrected chi connectivity index (χ2v) is 6.49. The quantitative estimate of drug-likeness (QED) is 0.685. The van der Waals surface area contributed by atoms with Crippen LogP contribution in [0.3, 0.4) is 0 Å². The van der Waals surface area contributed by atoms with Crippen molar-refractivity contribution in [2.45, 2.75) is 33.4 Å². The zero-order valence-electron chi connectivity index (χ0n) is 14.4. The lowest BCUT2D eigenvalue weighted by molar-refractivity contribution is 0.0951. The van der Waals surface area contributed by atoms with Crippen molar-refractivity contribution in [2.75, 3.05) is 6.54 Å². The summed E-state index contributed by atoms with van der Waals surface area (Å²) in [6.07, 6.45) is 2.92. The molecule has 4 rings (SSSR count). The summed E-state index contributed by atoms with van der Waals surface area (Å²) in [4.78, 5) is 24.6. The maximum Gasteiger partial charge on any atom is 0.251 e. The van der Waals surface area contributed by atoms with Crippen LogP contribution in [0, 0.1) is 13.8 Å². The van der Waals surface area contributed by atoms with E-state index in [9.17, 15) is 4.79 Å². The van der Waals surface area contributed by atoms with Gasteiger partial charge in [-0.3, -0.25) is 9.78 Å². The number of aromatic nitrogens is 3. The number of amides is 1. The highest BCUT2D eigenvalue weighted by molar-refractivity contribution is 5.97. The number of pyridine rings is 1. The van der Waals surface area contributed by atoms with Crippen LogP contribution in [-0.4, -0.2) is 27.4 Å². The van der Waals surface area contributed by atoms with Crippen LogP contribution >= 0.6 is 0 Å². The predicted octanol–water partition coefficient (Wildman–Crippen LogP) is 2.15. The Hall–Kier alpha value is -2.73. The number of carbonyl (C=O) groups excluding carboxylic acids is 1. The molecule has 1 aliphatic rings. The van der Waals surface area contributed by atoms with Crippen LogP contribution < -0.4 is 10.6 Å². The number of rotatable bonds is 3. The van der Waals surface area contributed by atoms with Crippen molar-refractivity contribution in [3.05, 3.63) is 58.2 Å². The Balaban J connectivity index is 1.55. The number of hydrogen-bond donors (Lipinski definition) is 3. The molecule has 0 aliphatic carbocycles. The van der Waals surface area contributed by atoms with Gasteiger partial charge in [0.15, 0.2) is 0 Å². The van der Waals surface area contributed by atoms with Crippen LogP contribution in [0.1, 0.15) is 38.6 Å². The van der Waals surface area contributed by atoms with Crippen molar-refractivity contribution in [1.82, 2.24) is 25.6 Å².